The normalized spacial score (nSPS) is 14.4. The number of benzene rings is 4. The van der Waals surface area contributed by atoms with Gasteiger partial charge < -0.3 is 4.74 Å². The summed E-state index contributed by atoms with van der Waals surface area (Å²) in [7, 11) is 0. The molecule has 1 aliphatic rings. The Bertz CT molecular complexity index is 1200. The van der Waals surface area contributed by atoms with Gasteiger partial charge in [-0.2, -0.15) is 0 Å². The van der Waals surface area contributed by atoms with Crippen molar-refractivity contribution in [2.75, 3.05) is 6.61 Å². The van der Waals surface area contributed by atoms with Crippen LogP contribution in [-0.4, -0.2) is 6.61 Å². The zero-order chi connectivity index (χ0) is 22.5. The molecular formula is C32H26O. The lowest BCUT2D eigenvalue weighted by Crippen LogP contribution is -2.25. The van der Waals surface area contributed by atoms with Crippen LogP contribution in [0.2, 0.25) is 0 Å². The summed E-state index contributed by atoms with van der Waals surface area (Å²) in [5, 5.41) is 0. The predicted molar refractivity (Wildman–Crippen MR) is 137 cm³/mol. The van der Waals surface area contributed by atoms with E-state index in [1.165, 1.54) is 11.1 Å². The number of allylic oxidation sites excluding steroid dienone is 1. The van der Waals surface area contributed by atoms with Crippen LogP contribution < -0.4 is 0 Å². The largest absolute Gasteiger partial charge is 0.357 e. The quantitative estimate of drug-likeness (QED) is 0.289. The Kier molecular flexibility index (Phi) is 5.89. The standard InChI is InChI=1S/C32H26O/c1-25(22-31(26-14-6-2-7-15-26)27-16-8-3-9-17-27)28-23-32(33-24-28,29-18-10-4-11-19-29)30-20-12-5-13-21-30/h2-23H,1,24H2. The Labute approximate surface area is 196 Å². The van der Waals surface area contributed by atoms with Gasteiger partial charge >= 0.3 is 0 Å². The first kappa shape index (κ1) is 20.9. The maximum atomic E-state index is 6.56. The van der Waals surface area contributed by atoms with Crippen molar-refractivity contribution in [2.24, 2.45) is 0 Å². The van der Waals surface area contributed by atoms with Crippen LogP contribution in [0.15, 0.2) is 151 Å². The highest BCUT2D eigenvalue weighted by atomic mass is 16.5. The molecule has 33 heavy (non-hydrogen) atoms. The molecule has 0 aromatic heterocycles. The SMILES string of the molecule is C=C(C=C(c1ccccc1)c1ccccc1)C1=CC(c2ccccc2)(c2ccccc2)OC1. The highest BCUT2D eigenvalue weighted by Gasteiger charge is 2.38. The third kappa shape index (κ3) is 4.24. The molecular weight excluding hydrogens is 400 g/mol. The minimum Gasteiger partial charge on any atom is -0.357 e. The van der Waals surface area contributed by atoms with Crippen molar-refractivity contribution < 1.29 is 4.74 Å². The Morgan fingerprint density at radius 3 is 1.52 bits per heavy atom. The molecule has 0 saturated carbocycles. The fourth-order valence-electron chi connectivity index (χ4n) is 4.41. The topological polar surface area (TPSA) is 9.23 Å². The Morgan fingerprint density at radius 1 is 0.636 bits per heavy atom. The molecule has 1 heteroatoms. The molecule has 1 nitrogen and oxygen atoms in total. The van der Waals surface area contributed by atoms with E-state index in [0.29, 0.717) is 6.61 Å². The van der Waals surface area contributed by atoms with Crippen molar-refractivity contribution >= 4 is 5.57 Å². The molecule has 0 N–H and O–H groups in total. The van der Waals surface area contributed by atoms with Gasteiger partial charge in [0.1, 0.15) is 5.60 Å². The maximum absolute atomic E-state index is 6.56. The second-order valence-corrected chi connectivity index (χ2v) is 8.24. The van der Waals surface area contributed by atoms with Gasteiger partial charge in [-0.1, -0.05) is 128 Å². The van der Waals surface area contributed by atoms with Crippen molar-refractivity contribution in [1.82, 2.24) is 0 Å². The van der Waals surface area contributed by atoms with Gasteiger partial charge in [-0.25, -0.2) is 0 Å². The Morgan fingerprint density at radius 2 is 1.06 bits per heavy atom. The van der Waals surface area contributed by atoms with Crippen molar-refractivity contribution in [2.45, 2.75) is 5.60 Å². The van der Waals surface area contributed by atoms with Crippen LogP contribution in [0.3, 0.4) is 0 Å². The summed E-state index contributed by atoms with van der Waals surface area (Å²) in [4.78, 5) is 0. The smallest absolute Gasteiger partial charge is 0.137 e. The van der Waals surface area contributed by atoms with E-state index in [4.69, 9.17) is 4.74 Å². The first-order valence-corrected chi connectivity index (χ1v) is 11.2. The van der Waals surface area contributed by atoms with Crippen molar-refractivity contribution in [1.29, 1.82) is 0 Å². The maximum Gasteiger partial charge on any atom is 0.137 e. The lowest BCUT2D eigenvalue weighted by molar-refractivity contribution is 0.0557. The monoisotopic (exact) mass is 426 g/mol. The van der Waals surface area contributed by atoms with E-state index in [-0.39, 0.29) is 0 Å². The van der Waals surface area contributed by atoms with Crippen LogP contribution >= 0.6 is 0 Å². The number of hydrogen-bond donors (Lipinski definition) is 0. The van der Waals surface area contributed by atoms with E-state index in [1.54, 1.807) is 0 Å². The zero-order valence-electron chi connectivity index (χ0n) is 18.5. The summed E-state index contributed by atoms with van der Waals surface area (Å²) in [6, 6.07) is 41.8. The van der Waals surface area contributed by atoms with Crippen LogP contribution in [0.5, 0.6) is 0 Å². The van der Waals surface area contributed by atoms with E-state index < -0.39 is 5.60 Å². The highest BCUT2D eigenvalue weighted by Crippen LogP contribution is 2.42. The molecule has 0 aliphatic carbocycles. The van der Waals surface area contributed by atoms with Gasteiger partial charge in [-0.05, 0) is 51.1 Å². The first-order valence-electron chi connectivity index (χ1n) is 11.2. The average molecular weight is 427 g/mol. The van der Waals surface area contributed by atoms with Crippen LogP contribution in [0.4, 0.5) is 0 Å². The highest BCUT2D eigenvalue weighted by molar-refractivity contribution is 5.82. The van der Waals surface area contributed by atoms with Gasteiger partial charge in [-0.3, -0.25) is 0 Å². The molecule has 0 saturated heterocycles. The summed E-state index contributed by atoms with van der Waals surface area (Å²) in [6.07, 6.45) is 4.43. The summed E-state index contributed by atoms with van der Waals surface area (Å²) >= 11 is 0. The molecule has 160 valence electrons. The van der Waals surface area contributed by atoms with Crippen LogP contribution in [-0.2, 0) is 10.3 Å². The fourth-order valence-corrected chi connectivity index (χ4v) is 4.41. The van der Waals surface area contributed by atoms with Gasteiger partial charge in [0.25, 0.3) is 0 Å². The Hall–Kier alpha value is -3.94. The van der Waals surface area contributed by atoms with E-state index in [1.807, 2.05) is 24.3 Å². The van der Waals surface area contributed by atoms with Gasteiger partial charge in [-0.15, -0.1) is 0 Å². The predicted octanol–water partition coefficient (Wildman–Crippen LogP) is 7.57. The Balaban J connectivity index is 1.58. The molecule has 0 amide bonds. The molecule has 4 aromatic carbocycles. The number of ether oxygens (including phenoxy) is 1. The first-order chi connectivity index (χ1) is 16.3. The number of hydrogen-bond acceptors (Lipinski definition) is 1. The van der Waals surface area contributed by atoms with E-state index >= 15 is 0 Å². The van der Waals surface area contributed by atoms with Gasteiger partial charge in [0, 0.05) is 0 Å². The van der Waals surface area contributed by atoms with Gasteiger partial charge in [0.2, 0.25) is 0 Å². The second-order valence-electron chi connectivity index (χ2n) is 8.24. The average Bonchev–Trinajstić information content (AvgIpc) is 3.36. The third-order valence-electron chi connectivity index (χ3n) is 6.14. The molecule has 5 rings (SSSR count). The third-order valence-corrected chi connectivity index (χ3v) is 6.14. The molecule has 0 bridgehead atoms. The molecule has 0 spiro atoms. The minimum absolute atomic E-state index is 0.510. The van der Waals surface area contributed by atoms with Gasteiger partial charge in [0.15, 0.2) is 0 Å². The zero-order valence-corrected chi connectivity index (χ0v) is 18.5. The molecule has 0 fully saturated rings. The second kappa shape index (κ2) is 9.28. The molecule has 1 heterocycles. The van der Waals surface area contributed by atoms with E-state index in [2.05, 4.69) is 116 Å². The lowest BCUT2D eigenvalue weighted by atomic mass is 9.85. The van der Waals surface area contributed by atoms with Crippen molar-refractivity contribution in [3.63, 3.8) is 0 Å². The lowest BCUT2D eigenvalue weighted by Gasteiger charge is -2.28. The number of rotatable bonds is 6. The molecule has 4 aromatic rings. The molecule has 0 radical (unpaired) electrons. The van der Waals surface area contributed by atoms with E-state index in [0.717, 1.165) is 27.8 Å². The summed E-state index contributed by atoms with van der Waals surface area (Å²) in [6.45, 7) is 4.97. The summed E-state index contributed by atoms with van der Waals surface area (Å²) in [5.74, 6) is 0. The summed E-state index contributed by atoms with van der Waals surface area (Å²) < 4.78 is 6.56. The van der Waals surface area contributed by atoms with Crippen molar-refractivity contribution in [3.8, 4) is 0 Å². The van der Waals surface area contributed by atoms with Crippen LogP contribution in [0, 0.1) is 0 Å². The molecule has 0 atom stereocenters. The fraction of sp³-hybridized carbons (Fsp3) is 0.0625. The summed E-state index contributed by atoms with van der Waals surface area (Å²) in [5.41, 5.74) is 7.18. The van der Waals surface area contributed by atoms with Crippen LogP contribution in [0.1, 0.15) is 22.3 Å². The van der Waals surface area contributed by atoms with Crippen molar-refractivity contribution in [3.05, 3.63) is 173 Å². The van der Waals surface area contributed by atoms with Gasteiger partial charge in [0.05, 0.1) is 6.61 Å². The van der Waals surface area contributed by atoms with Crippen LogP contribution in [0.25, 0.3) is 5.57 Å². The minimum atomic E-state index is -0.617. The van der Waals surface area contributed by atoms with E-state index in [9.17, 15) is 0 Å². The molecule has 1 aliphatic heterocycles. The molecule has 0 unspecified atom stereocenters.